The summed E-state index contributed by atoms with van der Waals surface area (Å²) in [6.45, 7) is 0.478. The number of rotatable bonds is 8. The van der Waals surface area contributed by atoms with E-state index in [9.17, 15) is 10.2 Å². The maximum absolute atomic E-state index is 10.6. The van der Waals surface area contributed by atoms with Gasteiger partial charge in [0.25, 0.3) is 0 Å². The Hall–Kier alpha value is -3.79. The van der Waals surface area contributed by atoms with Crippen molar-refractivity contribution in [2.45, 2.75) is 37.0 Å². The van der Waals surface area contributed by atoms with Gasteiger partial charge >= 0.3 is 0 Å². The van der Waals surface area contributed by atoms with Crippen LogP contribution in [0.25, 0.3) is 22.3 Å². The lowest BCUT2D eigenvalue weighted by Crippen LogP contribution is -2.32. The number of anilines is 2. The number of aromatic nitrogens is 8. The van der Waals surface area contributed by atoms with Crippen LogP contribution < -0.4 is 11.1 Å². The van der Waals surface area contributed by atoms with Crippen LogP contribution in [-0.2, 0) is 17.2 Å². The molecular formula is C21H22N10O4S. The first kappa shape index (κ1) is 22.7. The smallest absolute Gasteiger partial charge is 0.167 e. The van der Waals surface area contributed by atoms with E-state index in [4.69, 9.17) is 14.9 Å². The molecule has 14 nitrogen and oxygen atoms in total. The number of ether oxygens (including phenoxy) is 1. The van der Waals surface area contributed by atoms with Crippen molar-refractivity contribution in [3.63, 3.8) is 0 Å². The summed E-state index contributed by atoms with van der Waals surface area (Å²) in [6.07, 6.45) is 3.87. The van der Waals surface area contributed by atoms with Crippen molar-refractivity contribution in [2.24, 2.45) is 0 Å². The van der Waals surface area contributed by atoms with Gasteiger partial charge in [-0.05, 0) is 12.1 Å². The number of fused-ring (bicyclic) bond motifs is 2. The lowest BCUT2D eigenvalue weighted by Gasteiger charge is -2.16. The van der Waals surface area contributed by atoms with E-state index in [-0.39, 0.29) is 5.82 Å². The van der Waals surface area contributed by atoms with Crippen molar-refractivity contribution in [1.29, 1.82) is 0 Å². The third-order valence-corrected chi connectivity index (χ3v) is 6.95. The van der Waals surface area contributed by atoms with Gasteiger partial charge in [0.05, 0.1) is 37.4 Å². The van der Waals surface area contributed by atoms with Gasteiger partial charge in [0.2, 0.25) is 0 Å². The number of aliphatic hydroxyl groups is 2. The molecule has 5 aromatic heterocycles. The van der Waals surface area contributed by atoms with E-state index in [1.165, 1.54) is 30.7 Å². The summed E-state index contributed by atoms with van der Waals surface area (Å²) >= 11 is 1.51. The highest BCUT2D eigenvalue weighted by Gasteiger charge is 2.44. The topological polar surface area (TPSA) is 188 Å². The van der Waals surface area contributed by atoms with E-state index in [1.54, 1.807) is 17.2 Å². The fourth-order valence-electron chi connectivity index (χ4n) is 4.11. The fraction of sp³-hybridized carbons (Fsp3) is 0.333. The highest BCUT2D eigenvalue weighted by atomic mass is 32.2. The predicted octanol–water partition coefficient (Wildman–Crippen LogP) is 0.763. The number of hydrogen-bond acceptors (Lipinski definition) is 13. The van der Waals surface area contributed by atoms with Gasteiger partial charge in [-0.1, -0.05) is 0 Å². The number of thioether (sulfide) groups is 1. The molecule has 36 heavy (non-hydrogen) atoms. The van der Waals surface area contributed by atoms with E-state index in [0.29, 0.717) is 46.3 Å². The van der Waals surface area contributed by atoms with Crippen LogP contribution in [0.3, 0.4) is 0 Å². The molecule has 5 aromatic rings. The fourth-order valence-corrected chi connectivity index (χ4v) is 5.11. The quantitative estimate of drug-likeness (QED) is 0.229. The first-order chi connectivity index (χ1) is 17.6. The van der Waals surface area contributed by atoms with Gasteiger partial charge in [-0.25, -0.2) is 29.9 Å². The average molecular weight is 511 g/mol. The third-order valence-electron chi connectivity index (χ3n) is 5.92. The van der Waals surface area contributed by atoms with Crippen molar-refractivity contribution in [3.8, 4) is 0 Å². The molecule has 1 aliphatic rings. The molecule has 0 amide bonds. The Morgan fingerprint density at radius 3 is 2.69 bits per heavy atom. The molecule has 1 saturated heterocycles. The van der Waals surface area contributed by atoms with Gasteiger partial charge in [-0.3, -0.25) is 4.57 Å². The third kappa shape index (κ3) is 4.01. The summed E-state index contributed by atoms with van der Waals surface area (Å²) in [5, 5.41) is 24.5. The minimum atomic E-state index is -1.16. The second-order valence-corrected chi connectivity index (χ2v) is 9.17. The van der Waals surface area contributed by atoms with Crippen LogP contribution in [0, 0.1) is 0 Å². The Morgan fingerprint density at radius 2 is 1.83 bits per heavy atom. The number of aliphatic hydroxyl groups excluding tert-OH is 2. The molecule has 0 radical (unpaired) electrons. The van der Waals surface area contributed by atoms with Crippen molar-refractivity contribution in [2.75, 3.05) is 16.8 Å². The number of nitrogens with two attached hydrogens (primary N) is 1. The molecule has 0 saturated carbocycles. The molecule has 0 spiro atoms. The maximum Gasteiger partial charge on any atom is 0.167 e. The van der Waals surface area contributed by atoms with Crippen molar-refractivity contribution >= 4 is 45.7 Å². The van der Waals surface area contributed by atoms with E-state index in [0.717, 1.165) is 5.76 Å². The predicted molar refractivity (Wildman–Crippen MR) is 129 cm³/mol. The number of nitrogens with one attached hydrogen (secondary N) is 1. The van der Waals surface area contributed by atoms with Gasteiger partial charge in [0, 0.05) is 5.75 Å². The Balaban J connectivity index is 1.11. The summed E-state index contributed by atoms with van der Waals surface area (Å²) in [6, 6.07) is 3.70. The van der Waals surface area contributed by atoms with Crippen LogP contribution in [-0.4, -0.2) is 73.3 Å². The average Bonchev–Trinajstić information content (AvgIpc) is 3.68. The number of nitrogen functional groups attached to an aromatic ring is 1. The van der Waals surface area contributed by atoms with Crippen molar-refractivity contribution in [3.05, 3.63) is 49.5 Å². The molecule has 1 aliphatic heterocycles. The number of imidazole rings is 2. The molecule has 5 N–H and O–H groups in total. The normalized spacial score (nSPS) is 22.1. The molecule has 0 aromatic carbocycles. The van der Waals surface area contributed by atoms with Crippen molar-refractivity contribution < 1.29 is 19.4 Å². The van der Waals surface area contributed by atoms with Crippen LogP contribution in [0.4, 0.5) is 11.6 Å². The van der Waals surface area contributed by atoms with Gasteiger partial charge in [0.15, 0.2) is 29.2 Å². The number of nitrogens with zero attached hydrogens (tertiary/aromatic N) is 8. The number of hydrogen-bond donors (Lipinski definition) is 4. The van der Waals surface area contributed by atoms with Gasteiger partial charge < -0.3 is 35.0 Å². The van der Waals surface area contributed by atoms with Crippen LogP contribution in [0.2, 0.25) is 0 Å². The largest absolute Gasteiger partial charge is 0.467 e. The number of furan rings is 1. The van der Waals surface area contributed by atoms with Crippen LogP contribution in [0.5, 0.6) is 0 Å². The standard InChI is InChI=1S/C21H22N10O4S/c22-17-13-20(27-6-24-17)31(9-29-13)21-16(33)15(32)12(35-21)5-36-10-30-8-28-14-18(25-7-26-19(14)30)23-4-11-2-1-3-34-11/h1-3,6-9,12,15-16,21,32-33H,4-5,10H2,(H2,22,24,27)(H,23,25,26). The molecule has 0 aliphatic carbocycles. The molecule has 1 fully saturated rings. The van der Waals surface area contributed by atoms with Gasteiger partial charge in [-0.15, -0.1) is 11.8 Å². The van der Waals surface area contributed by atoms with Crippen LogP contribution >= 0.6 is 11.8 Å². The molecule has 4 atom stereocenters. The summed E-state index contributed by atoms with van der Waals surface area (Å²) < 4.78 is 14.8. The molecule has 4 unspecified atom stereocenters. The Morgan fingerprint density at radius 1 is 1.00 bits per heavy atom. The first-order valence-corrected chi connectivity index (χ1v) is 12.2. The lowest BCUT2D eigenvalue weighted by molar-refractivity contribution is -0.0289. The minimum Gasteiger partial charge on any atom is -0.467 e. The molecule has 186 valence electrons. The maximum atomic E-state index is 10.6. The van der Waals surface area contributed by atoms with Crippen molar-refractivity contribution in [1.82, 2.24) is 39.0 Å². The first-order valence-electron chi connectivity index (χ1n) is 11.0. The summed E-state index contributed by atoms with van der Waals surface area (Å²) in [7, 11) is 0. The van der Waals surface area contributed by atoms with E-state index < -0.39 is 24.5 Å². The molecule has 15 heteroatoms. The summed E-state index contributed by atoms with van der Waals surface area (Å²) in [5.74, 6) is 2.56. The second kappa shape index (κ2) is 9.34. The molecule has 0 bridgehead atoms. The van der Waals surface area contributed by atoms with E-state index in [1.807, 2.05) is 16.7 Å². The minimum absolute atomic E-state index is 0.231. The highest BCUT2D eigenvalue weighted by Crippen LogP contribution is 2.33. The summed E-state index contributed by atoms with van der Waals surface area (Å²) in [5.41, 5.74) is 8.00. The SMILES string of the molecule is Nc1ncnc2c1ncn2C1OC(CSCn2cnc3c(NCc4ccco4)ncnc32)C(O)C1O. The van der Waals surface area contributed by atoms with Gasteiger partial charge in [-0.2, -0.15) is 0 Å². The zero-order valence-electron chi connectivity index (χ0n) is 18.7. The highest BCUT2D eigenvalue weighted by molar-refractivity contribution is 7.98. The Kier molecular flexibility index (Phi) is 5.88. The van der Waals surface area contributed by atoms with E-state index >= 15 is 0 Å². The lowest BCUT2D eigenvalue weighted by atomic mass is 10.1. The van der Waals surface area contributed by atoms with Gasteiger partial charge in [0.1, 0.15) is 41.7 Å². The molecular weight excluding hydrogens is 488 g/mol. The van der Waals surface area contributed by atoms with Crippen LogP contribution in [0.15, 0.2) is 48.1 Å². The van der Waals surface area contributed by atoms with E-state index in [2.05, 4.69) is 35.2 Å². The molecule has 6 rings (SSSR count). The summed E-state index contributed by atoms with van der Waals surface area (Å²) in [4.78, 5) is 25.4. The Bertz CT molecular complexity index is 1490. The molecule has 6 heterocycles. The Labute approximate surface area is 207 Å². The second-order valence-electron chi connectivity index (χ2n) is 8.17. The zero-order chi connectivity index (χ0) is 24.6. The van der Waals surface area contributed by atoms with Crippen LogP contribution in [0.1, 0.15) is 12.0 Å². The zero-order valence-corrected chi connectivity index (χ0v) is 19.6. The monoisotopic (exact) mass is 510 g/mol.